The third-order valence-corrected chi connectivity index (χ3v) is 4.43. The number of aliphatic hydroxyl groups excluding tert-OH is 1. The van der Waals surface area contributed by atoms with Crippen LogP contribution in [0.15, 0.2) is 23.5 Å². The first kappa shape index (κ1) is 22.8. The number of rotatable bonds is 9. The van der Waals surface area contributed by atoms with Gasteiger partial charge in [-0.25, -0.2) is 4.79 Å². The van der Waals surface area contributed by atoms with E-state index in [1.165, 1.54) is 12.2 Å². The highest BCUT2D eigenvalue weighted by Gasteiger charge is 2.42. The summed E-state index contributed by atoms with van der Waals surface area (Å²) in [4.78, 5) is 22.5. The predicted octanol–water partition coefficient (Wildman–Crippen LogP) is 2.72. The number of carbonyl (C=O) groups is 2. The molecule has 0 aromatic carbocycles. The summed E-state index contributed by atoms with van der Waals surface area (Å²) in [7, 11) is 0. The van der Waals surface area contributed by atoms with Gasteiger partial charge >= 0.3 is 11.9 Å². The summed E-state index contributed by atoms with van der Waals surface area (Å²) in [6, 6.07) is 0. The van der Waals surface area contributed by atoms with Crippen LogP contribution >= 0.6 is 23.2 Å². The second kappa shape index (κ2) is 9.60. The van der Waals surface area contributed by atoms with Crippen molar-refractivity contribution in [3.63, 3.8) is 0 Å². The Balaban J connectivity index is 2.27. The summed E-state index contributed by atoms with van der Waals surface area (Å²) in [5.41, 5.74) is -0.816. The number of aliphatic hydroxyl groups is 1. The van der Waals surface area contributed by atoms with Gasteiger partial charge in [0.1, 0.15) is 16.7 Å². The highest BCUT2D eigenvalue weighted by Crippen LogP contribution is 2.37. The van der Waals surface area contributed by atoms with E-state index in [-0.39, 0.29) is 24.7 Å². The molecule has 9 heteroatoms. The standard InChI is InChI=1S/C17H25Cl2NO6/c1-16(2,3)26-12(21)10-20-8-4-5-9-25-17(19)7-6-11(15(23)24)13(22)14(17)18/h6-7,14,20,22H,4-5,8-10H2,1-3H3,(H,23,24). The zero-order chi connectivity index (χ0) is 20.0. The van der Waals surface area contributed by atoms with E-state index in [9.17, 15) is 14.7 Å². The Morgan fingerprint density at radius 2 is 2.00 bits per heavy atom. The number of esters is 1. The first-order valence-corrected chi connectivity index (χ1v) is 9.03. The van der Waals surface area contributed by atoms with Gasteiger partial charge in [-0.15, -0.1) is 11.6 Å². The SMILES string of the molecule is CC(C)(C)OC(=O)CNCCCCOC1(Cl)C=CC(C(=O)O)=C(O)C1Cl. The van der Waals surface area contributed by atoms with Crippen LogP contribution in [0.2, 0.25) is 0 Å². The molecule has 0 aromatic rings. The fourth-order valence-corrected chi connectivity index (χ4v) is 2.64. The lowest BCUT2D eigenvalue weighted by atomic mass is 10.0. The molecule has 2 atom stereocenters. The fourth-order valence-electron chi connectivity index (χ4n) is 2.14. The Labute approximate surface area is 162 Å². The topological polar surface area (TPSA) is 105 Å². The van der Waals surface area contributed by atoms with Crippen LogP contribution < -0.4 is 5.32 Å². The summed E-state index contributed by atoms with van der Waals surface area (Å²) in [5.74, 6) is -2.14. The van der Waals surface area contributed by atoms with Crippen LogP contribution in [0.25, 0.3) is 0 Å². The Bertz CT molecular complexity index is 584. The summed E-state index contributed by atoms with van der Waals surface area (Å²) in [6.07, 6.45) is 3.83. The van der Waals surface area contributed by atoms with Gasteiger partial charge in [0.15, 0.2) is 5.06 Å². The van der Waals surface area contributed by atoms with Crippen LogP contribution in [-0.2, 0) is 19.1 Å². The van der Waals surface area contributed by atoms with Crippen LogP contribution in [-0.4, -0.2) is 57.9 Å². The van der Waals surface area contributed by atoms with Crippen molar-refractivity contribution >= 4 is 35.1 Å². The molecule has 0 radical (unpaired) electrons. The average molecular weight is 410 g/mol. The van der Waals surface area contributed by atoms with Crippen molar-refractivity contribution in [1.82, 2.24) is 5.32 Å². The van der Waals surface area contributed by atoms with Gasteiger partial charge in [-0.2, -0.15) is 0 Å². The molecule has 1 rings (SSSR count). The monoisotopic (exact) mass is 409 g/mol. The first-order valence-electron chi connectivity index (χ1n) is 8.21. The zero-order valence-electron chi connectivity index (χ0n) is 15.1. The van der Waals surface area contributed by atoms with Gasteiger partial charge in [0.25, 0.3) is 0 Å². The van der Waals surface area contributed by atoms with Crippen molar-refractivity contribution in [3.05, 3.63) is 23.5 Å². The maximum Gasteiger partial charge on any atom is 0.339 e. The Hall–Kier alpha value is -1.28. The fraction of sp³-hybridized carbons (Fsp3) is 0.647. The van der Waals surface area contributed by atoms with E-state index in [0.29, 0.717) is 19.4 Å². The Morgan fingerprint density at radius 3 is 2.58 bits per heavy atom. The second-order valence-electron chi connectivity index (χ2n) is 6.82. The number of hydrogen-bond donors (Lipinski definition) is 3. The van der Waals surface area contributed by atoms with E-state index >= 15 is 0 Å². The van der Waals surface area contributed by atoms with Crippen molar-refractivity contribution in [2.24, 2.45) is 0 Å². The maximum absolute atomic E-state index is 11.5. The van der Waals surface area contributed by atoms with Crippen molar-refractivity contribution in [2.75, 3.05) is 19.7 Å². The number of hydrogen-bond acceptors (Lipinski definition) is 6. The number of carboxylic acids is 1. The van der Waals surface area contributed by atoms with Gasteiger partial charge in [0.05, 0.1) is 12.1 Å². The molecule has 0 fully saturated rings. The number of carboxylic acid groups (broad SMARTS) is 1. The molecule has 0 spiro atoms. The molecular formula is C17H25Cl2NO6. The highest BCUT2D eigenvalue weighted by atomic mass is 35.5. The molecule has 0 aliphatic heterocycles. The molecule has 3 N–H and O–H groups in total. The summed E-state index contributed by atoms with van der Waals surface area (Å²) in [6.45, 7) is 6.38. The van der Waals surface area contributed by atoms with E-state index in [1.807, 2.05) is 0 Å². The number of nitrogens with one attached hydrogen (secondary N) is 1. The normalized spacial score (nSPS) is 23.2. The molecule has 0 saturated heterocycles. The van der Waals surface area contributed by atoms with Gasteiger partial charge in [0.2, 0.25) is 0 Å². The van der Waals surface area contributed by atoms with Crippen molar-refractivity contribution < 1.29 is 29.3 Å². The minimum Gasteiger partial charge on any atom is -0.510 e. The van der Waals surface area contributed by atoms with E-state index in [0.717, 1.165) is 0 Å². The number of aliphatic carboxylic acids is 1. The average Bonchev–Trinajstić information content (AvgIpc) is 2.50. The van der Waals surface area contributed by atoms with E-state index in [1.54, 1.807) is 20.8 Å². The molecule has 1 aliphatic carbocycles. The van der Waals surface area contributed by atoms with Crippen molar-refractivity contribution in [1.29, 1.82) is 0 Å². The first-order chi connectivity index (χ1) is 12.0. The molecule has 1 aliphatic rings. The summed E-state index contributed by atoms with van der Waals surface area (Å²) < 4.78 is 10.7. The van der Waals surface area contributed by atoms with E-state index in [4.69, 9.17) is 37.8 Å². The van der Waals surface area contributed by atoms with Gasteiger partial charge < -0.3 is 25.0 Å². The molecule has 0 bridgehead atoms. The number of unbranched alkanes of at least 4 members (excludes halogenated alkanes) is 1. The minimum atomic E-state index is -1.51. The minimum absolute atomic E-state index is 0.126. The smallest absolute Gasteiger partial charge is 0.339 e. The highest BCUT2D eigenvalue weighted by molar-refractivity contribution is 6.34. The Kier molecular flexibility index (Phi) is 8.40. The predicted molar refractivity (Wildman–Crippen MR) is 98.6 cm³/mol. The van der Waals surface area contributed by atoms with Gasteiger partial charge in [0, 0.05) is 6.61 Å². The lowest BCUT2D eigenvalue weighted by Gasteiger charge is -2.31. The number of carbonyl (C=O) groups excluding carboxylic acids is 1. The number of halogens is 2. The largest absolute Gasteiger partial charge is 0.510 e. The lowest BCUT2D eigenvalue weighted by Crippen LogP contribution is -2.39. The lowest BCUT2D eigenvalue weighted by molar-refractivity contribution is -0.153. The summed E-state index contributed by atoms with van der Waals surface area (Å²) in [5, 5.41) is 19.1. The van der Waals surface area contributed by atoms with Gasteiger partial charge in [-0.3, -0.25) is 4.79 Å². The van der Waals surface area contributed by atoms with Crippen LogP contribution in [0.1, 0.15) is 33.6 Å². The van der Waals surface area contributed by atoms with Crippen LogP contribution in [0, 0.1) is 0 Å². The maximum atomic E-state index is 11.5. The van der Waals surface area contributed by atoms with Gasteiger partial charge in [-0.1, -0.05) is 11.6 Å². The van der Waals surface area contributed by atoms with Crippen LogP contribution in [0.4, 0.5) is 0 Å². The third kappa shape index (κ3) is 7.15. The molecule has 2 unspecified atom stereocenters. The number of ether oxygens (including phenoxy) is 2. The third-order valence-electron chi connectivity index (χ3n) is 3.33. The summed E-state index contributed by atoms with van der Waals surface area (Å²) >= 11 is 12.2. The van der Waals surface area contributed by atoms with Crippen molar-refractivity contribution in [3.8, 4) is 0 Å². The molecule has 26 heavy (non-hydrogen) atoms. The molecule has 0 saturated carbocycles. The van der Waals surface area contributed by atoms with Crippen LogP contribution in [0.5, 0.6) is 0 Å². The van der Waals surface area contributed by atoms with E-state index in [2.05, 4.69) is 5.32 Å². The van der Waals surface area contributed by atoms with Gasteiger partial charge in [-0.05, 0) is 52.3 Å². The zero-order valence-corrected chi connectivity index (χ0v) is 16.6. The molecule has 0 heterocycles. The second-order valence-corrected chi connectivity index (χ2v) is 7.84. The molecule has 0 aromatic heterocycles. The molecule has 7 nitrogen and oxygen atoms in total. The van der Waals surface area contributed by atoms with E-state index < -0.39 is 27.8 Å². The van der Waals surface area contributed by atoms with Crippen molar-refractivity contribution in [2.45, 2.75) is 49.7 Å². The molecular weight excluding hydrogens is 385 g/mol. The number of alkyl halides is 2. The van der Waals surface area contributed by atoms with Crippen LogP contribution in [0.3, 0.4) is 0 Å². The molecule has 148 valence electrons. The molecule has 0 amide bonds. The Morgan fingerprint density at radius 1 is 1.35 bits per heavy atom. The quantitative estimate of drug-likeness (QED) is 0.305.